The molecule has 0 radical (unpaired) electrons. The van der Waals surface area contributed by atoms with Gasteiger partial charge in [-0.2, -0.15) is 0 Å². The van der Waals surface area contributed by atoms with Gasteiger partial charge in [-0.3, -0.25) is 4.79 Å². The average Bonchev–Trinajstić information content (AvgIpc) is 2.50. The summed E-state index contributed by atoms with van der Waals surface area (Å²) >= 11 is 9.40. The fraction of sp³-hybridized carbons (Fsp3) is 0.200. The highest BCUT2D eigenvalue weighted by atomic mass is 79.9. The first-order valence-electron chi connectivity index (χ1n) is 6.48. The van der Waals surface area contributed by atoms with E-state index in [0.717, 1.165) is 0 Å². The third-order valence-electron chi connectivity index (χ3n) is 2.75. The number of carbonyl (C=O) groups excluding carboxylic acids is 1. The standard InChI is InChI=1S/C15H14BrClN2O3/c1-3-22-14-11(16)6-10(17)7-12(14)19-15(20)9-4-5-13(21-2)18-8-9/h4-8H,3H2,1-2H3,(H,19,20). The number of nitrogens with zero attached hydrogens (tertiary/aromatic N) is 1. The quantitative estimate of drug-likeness (QED) is 0.839. The van der Waals surface area contributed by atoms with E-state index < -0.39 is 0 Å². The molecule has 116 valence electrons. The lowest BCUT2D eigenvalue weighted by molar-refractivity contribution is 0.102. The fourth-order valence-corrected chi connectivity index (χ4v) is 2.70. The third kappa shape index (κ3) is 3.90. The van der Waals surface area contributed by atoms with Crippen molar-refractivity contribution in [2.24, 2.45) is 0 Å². The minimum absolute atomic E-state index is 0.315. The maximum absolute atomic E-state index is 12.3. The number of anilines is 1. The number of hydrogen-bond donors (Lipinski definition) is 1. The molecule has 1 N–H and O–H groups in total. The lowest BCUT2D eigenvalue weighted by Crippen LogP contribution is -2.13. The van der Waals surface area contributed by atoms with Gasteiger partial charge in [-0.25, -0.2) is 4.98 Å². The van der Waals surface area contributed by atoms with Gasteiger partial charge in [-0.05, 0) is 41.1 Å². The van der Waals surface area contributed by atoms with E-state index in [-0.39, 0.29) is 5.91 Å². The summed E-state index contributed by atoms with van der Waals surface area (Å²) in [6.07, 6.45) is 1.44. The Morgan fingerprint density at radius 3 is 2.77 bits per heavy atom. The van der Waals surface area contributed by atoms with Crippen LogP contribution in [0.1, 0.15) is 17.3 Å². The molecule has 0 spiro atoms. The van der Waals surface area contributed by atoms with Gasteiger partial charge in [0.25, 0.3) is 5.91 Å². The minimum atomic E-state index is -0.315. The minimum Gasteiger partial charge on any atom is -0.491 e. The van der Waals surface area contributed by atoms with E-state index in [1.165, 1.54) is 13.3 Å². The molecule has 1 aromatic heterocycles. The van der Waals surface area contributed by atoms with Crippen LogP contribution in [-0.2, 0) is 0 Å². The van der Waals surface area contributed by atoms with Crippen LogP contribution < -0.4 is 14.8 Å². The van der Waals surface area contributed by atoms with Crippen molar-refractivity contribution >= 4 is 39.1 Å². The van der Waals surface area contributed by atoms with Crippen LogP contribution >= 0.6 is 27.5 Å². The Labute approximate surface area is 141 Å². The number of rotatable bonds is 5. The summed E-state index contributed by atoms with van der Waals surface area (Å²) in [6, 6.07) is 6.58. The summed E-state index contributed by atoms with van der Waals surface area (Å²) in [5.74, 6) is 0.657. The van der Waals surface area contributed by atoms with Crippen LogP contribution in [0.2, 0.25) is 5.02 Å². The monoisotopic (exact) mass is 384 g/mol. The topological polar surface area (TPSA) is 60.5 Å². The highest BCUT2D eigenvalue weighted by Crippen LogP contribution is 2.36. The van der Waals surface area contributed by atoms with E-state index in [2.05, 4.69) is 26.2 Å². The molecule has 5 nitrogen and oxygen atoms in total. The third-order valence-corrected chi connectivity index (χ3v) is 3.56. The number of nitrogens with one attached hydrogen (secondary N) is 1. The fourth-order valence-electron chi connectivity index (χ4n) is 1.77. The van der Waals surface area contributed by atoms with Crippen LogP contribution in [0.25, 0.3) is 0 Å². The molecular weight excluding hydrogens is 372 g/mol. The van der Waals surface area contributed by atoms with Gasteiger partial charge in [-0.1, -0.05) is 11.6 Å². The Morgan fingerprint density at radius 2 is 2.18 bits per heavy atom. The van der Waals surface area contributed by atoms with Crippen molar-refractivity contribution < 1.29 is 14.3 Å². The van der Waals surface area contributed by atoms with E-state index in [9.17, 15) is 4.79 Å². The molecule has 2 rings (SSSR count). The van der Waals surface area contributed by atoms with Crippen LogP contribution in [0.4, 0.5) is 5.69 Å². The summed E-state index contributed by atoms with van der Waals surface area (Å²) in [4.78, 5) is 16.3. The van der Waals surface area contributed by atoms with Gasteiger partial charge in [-0.15, -0.1) is 0 Å². The van der Waals surface area contributed by atoms with Crippen molar-refractivity contribution in [2.75, 3.05) is 19.0 Å². The molecule has 7 heteroatoms. The van der Waals surface area contributed by atoms with E-state index >= 15 is 0 Å². The van der Waals surface area contributed by atoms with Gasteiger partial charge in [0.1, 0.15) is 0 Å². The van der Waals surface area contributed by atoms with Crippen molar-refractivity contribution in [3.8, 4) is 11.6 Å². The van der Waals surface area contributed by atoms with Crippen molar-refractivity contribution in [3.63, 3.8) is 0 Å². The highest BCUT2D eigenvalue weighted by molar-refractivity contribution is 9.10. The maximum Gasteiger partial charge on any atom is 0.257 e. The second kappa shape index (κ2) is 7.47. The molecule has 0 saturated carbocycles. The van der Waals surface area contributed by atoms with E-state index in [4.69, 9.17) is 21.1 Å². The van der Waals surface area contributed by atoms with Gasteiger partial charge in [0.15, 0.2) is 5.75 Å². The average molecular weight is 386 g/mol. The molecule has 0 fully saturated rings. The molecule has 1 aromatic carbocycles. The molecular formula is C15H14BrClN2O3. The Hall–Kier alpha value is -1.79. The summed E-state index contributed by atoms with van der Waals surface area (Å²) in [5, 5.41) is 3.26. The maximum atomic E-state index is 12.3. The second-order valence-corrected chi connectivity index (χ2v) is 5.53. The van der Waals surface area contributed by atoms with Gasteiger partial charge in [0.2, 0.25) is 5.88 Å². The molecule has 22 heavy (non-hydrogen) atoms. The predicted molar refractivity (Wildman–Crippen MR) is 89.1 cm³/mol. The van der Waals surface area contributed by atoms with Gasteiger partial charge < -0.3 is 14.8 Å². The number of ether oxygens (including phenoxy) is 2. The molecule has 1 amide bonds. The Morgan fingerprint density at radius 1 is 1.41 bits per heavy atom. The van der Waals surface area contributed by atoms with Crippen LogP contribution in [0.15, 0.2) is 34.9 Å². The summed E-state index contributed by atoms with van der Waals surface area (Å²) in [6.45, 7) is 2.33. The molecule has 0 aliphatic carbocycles. The lowest BCUT2D eigenvalue weighted by Gasteiger charge is -2.14. The second-order valence-electron chi connectivity index (χ2n) is 4.24. The van der Waals surface area contributed by atoms with Crippen molar-refractivity contribution in [1.29, 1.82) is 0 Å². The van der Waals surface area contributed by atoms with Gasteiger partial charge in [0.05, 0.1) is 29.4 Å². The number of carbonyl (C=O) groups is 1. The number of aromatic nitrogens is 1. The molecule has 0 aliphatic heterocycles. The molecule has 0 atom stereocenters. The zero-order chi connectivity index (χ0) is 16.1. The Bertz CT molecular complexity index is 677. The van der Waals surface area contributed by atoms with Crippen molar-refractivity contribution in [3.05, 3.63) is 45.5 Å². The lowest BCUT2D eigenvalue weighted by atomic mass is 10.2. The number of benzene rings is 1. The van der Waals surface area contributed by atoms with Crippen LogP contribution in [0.5, 0.6) is 11.6 Å². The Balaban J connectivity index is 2.26. The van der Waals surface area contributed by atoms with Crippen molar-refractivity contribution in [1.82, 2.24) is 4.98 Å². The van der Waals surface area contributed by atoms with E-state index in [0.29, 0.717) is 39.0 Å². The molecule has 0 bridgehead atoms. The molecule has 0 saturated heterocycles. The first kappa shape index (κ1) is 16.6. The number of hydrogen-bond acceptors (Lipinski definition) is 4. The number of halogens is 2. The summed E-state index contributed by atoms with van der Waals surface area (Å²) < 4.78 is 11.2. The van der Waals surface area contributed by atoms with Crippen LogP contribution in [0, 0.1) is 0 Å². The first-order valence-corrected chi connectivity index (χ1v) is 7.65. The molecule has 0 unspecified atom stereocenters. The van der Waals surface area contributed by atoms with E-state index in [1.54, 1.807) is 24.3 Å². The van der Waals surface area contributed by atoms with E-state index in [1.807, 2.05) is 6.92 Å². The normalized spacial score (nSPS) is 10.2. The SMILES string of the molecule is CCOc1c(Br)cc(Cl)cc1NC(=O)c1ccc(OC)nc1. The molecule has 1 heterocycles. The molecule has 0 aliphatic rings. The number of pyridine rings is 1. The summed E-state index contributed by atoms with van der Waals surface area (Å²) in [7, 11) is 1.51. The number of amides is 1. The van der Waals surface area contributed by atoms with Gasteiger partial charge >= 0.3 is 0 Å². The smallest absolute Gasteiger partial charge is 0.257 e. The van der Waals surface area contributed by atoms with Gasteiger partial charge in [0, 0.05) is 17.3 Å². The summed E-state index contributed by atoms with van der Waals surface area (Å²) in [5.41, 5.74) is 0.890. The predicted octanol–water partition coefficient (Wildman–Crippen LogP) is 4.16. The van der Waals surface area contributed by atoms with Crippen LogP contribution in [0.3, 0.4) is 0 Å². The zero-order valence-electron chi connectivity index (χ0n) is 12.0. The van der Waals surface area contributed by atoms with Crippen molar-refractivity contribution in [2.45, 2.75) is 6.92 Å². The van der Waals surface area contributed by atoms with Crippen LogP contribution in [-0.4, -0.2) is 24.6 Å². The number of methoxy groups -OCH3 is 1. The Kier molecular flexibility index (Phi) is 5.63. The zero-order valence-corrected chi connectivity index (χ0v) is 14.4. The highest BCUT2D eigenvalue weighted by Gasteiger charge is 2.14. The largest absolute Gasteiger partial charge is 0.491 e. The first-order chi connectivity index (χ1) is 10.5. The molecule has 2 aromatic rings.